The van der Waals surface area contributed by atoms with Crippen LogP contribution in [0.15, 0.2) is 24.3 Å². The van der Waals surface area contributed by atoms with Gasteiger partial charge in [0.2, 0.25) is 0 Å². The zero-order valence-electron chi connectivity index (χ0n) is 11.2. The Morgan fingerprint density at radius 3 is 2.56 bits per heavy atom. The first-order chi connectivity index (χ1) is 8.44. The molecule has 0 radical (unpaired) electrons. The van der Waals surface area contributed by atoms with Gasteiger partial charge in [-0.1, -0.05) is 31.2 Å². The van der Waals surface area contributed by atoms with Crippen molar-refractivity contribution in [1.29, 1.82) is 0 Å². The highest BCUT2D eigenvalue weighted by Gasteiger charge is 2.13. The summed E-state index contributed by atoms with van der Waals surface area (Å²) in [5, 5.41) is 0. The lowest BCUT2D eigenvalue weighted by molar-refractivity contribution is 0.567. The summed E-state index contributed by atoms with van der Waals surface area (Å²) in [5.74, 6) is 0.371. The first-order valence-electron chi connectivity index (χ1n) is 6.45. The molecule has 0 amide bonds. The molecule has 3 nitrogen and oxygen atoms in total. The summed E-state index contributed by atoms with van der Waals surface area (Å²) in [4.78, 5) is 0. The van der Waals surface area contributed by atoms with Crippen LogP contribution in [-0.4, -0.2) is 20.2 Å². The molecule has 0 fully saturated rings. The van der Waals surface area contributed by atoms with Crippen LogP contribution < -0.4 is 5.73 Å². The van der Waals surface area contributed by atoms with Crippen LogP contribution in [-0.2, 0) is 15.6 Å². The van der Waals surface area contributed by atoms with Gasteiger partial charge in [-0.15, -0.1) is 0 Å². The molecule has 102 valence electrons. The van der Waals surface area contributed by atoms with Crippen molar-refractivity contribution >= 4 is 9.84 Å². The second kappa shape index (κ2) is 6.90. The van der Waals surface area contributed by atoms with Crippen LogP contribution in [0, 0.1) is 6.92 Å². The molecule has 0 aliphatic carbocycles. The van der Waals surface area contributed by atoms with Crippen LogP contribution in [0.25, 0.3) is 0 Å². The topological polar surface area (TPSA) is 60.2 Å². The first kappa shape index (κ1) is 15.2. The molecule has 1 aromatic carbocycles. The Morgan fingerprint density at radius 1 is 1.28 bits per heavy atom. The van der Waals surface area contributed by atoms with Gasteiger partial charge in [-0.3, -0.25) is 0 Å². The summed E-state index contributed by atoms with van der Waals surface area (Å²) in [5.41, 5.74) is 7.72. The molecule has 0 saturated carbocycles. The number of sulfone groups is 1. The molecule has 1 rings (SSSR count). The van der Waals surface area contributed by atoms with E-state index in [9.17, 15) is 8.42 Å². The first-order valence-corrected chi connectivity index (χ1v) is 8.27. The van der Waals surface area contributed by atoms with E-state index in [0.717, 1.165) is 24.0 Å². The van der Waals surface area contributed by atoms with Crippen LogP contribution in [0.3, 0.4) is 0 Å². The largest absolute Gasteiger partial charge is 0.328 e. The van der Waals surface area contributed by atoms with Crippen LogP contribution >= 0.6 is 0 Å². The van der Waals surface area contributed by atoms with E-state index in [1.54, 1.807) is 0 Å². The molecule has 0 aromatic heterocycles. The Kier molecular flexibility index (Phi) is 5.82. The molecule has 1 unspecified atom stereocenters. The molecule has 1 aromatic rings. The van der Waals surface area contributed by atoms with Crippen molar-refractivity contribution in [1.82, 2.24) is 0 Å². The third-order valence-corrected chi connectivity index (χ3v) is 4.85. The Balaban J connectivity index is 2.53. The smallest absolute Gasteiger partial charge is 0.154 e. The quantitative estimate of drug-likeness (QED) is 0.827. The average molecular weight is 269 g/mol. The van der Waals surface area contributed by atoms with E-state index in [4.69, 9.17) is 5.73 Å². The van der Waals surface area contributed by atoms with E-state index >= 15 is 0 Å². The van der Waals surface area contributed by atoms with E-state index in [0.29, 0.717) is 6.42 Å². The number of hydrogen-bond donors (Lipinski definition) is 1. The normalized spacial score (nSPS) is 13.5. The van der Waals surface area contributed by atoms with Gasteiger partial charge in [-0.05, 0) is 37.3 Å². The highest BCUT2D eigenvalue weighted by Crippen LogP contribution is 2.13. The van der Waals surface area contributed by atoms with Crippen LogP contribution in [0.5, 0.6) is 0 Å². The van der Waals surface area contributed by atoms with Gasteiger partial charge in [-0.2, -0.15) is 0 Å². The number of nitrogens with two attached hydrogens (primary N) is 1. The van der Waals surface area contributed by atoms with Crippen LogP contribution in [0.2, 0.25) is 0 Å². The van der Waals surface area contributed by atoms with Crippen molar-refractivity contribution in [2.24, 2.45) is 5.73 Å². The van der Waals surface area contributed by atoms with E-state index in [-0.39, 0.29) is 17.5 Å². The van der Waals surface area contributed by atoms with Gasteiger partial charge in [0.05, 0.1) is 11.5 Å². The van der Waals surface area contributed by atoms with Crippen molar-refractivity contribution in [2.45, 2.75) is 44.9 Å². The molecule has 0 heterocycles. The van der Waals surface area contributed by atoms with Gasteiger partial charge in [0.15, 0.2) is 9.84 Å². The second-order valence-electron chi connectivity index (χ2n) is 4.83. The predicted octanol–water partition coefficient (Wildman–Crippen LogP) is 2.43. The molecule has 18 heavy (non-hydrogen) atoms. The fourth-order valence-corrected chi connectivity index (χ4v) is 3.40. The van der Waals surface area contributed by atoms with E-state index in [1.807, 2.05) is 38.1 Å². The van der Waals surface area contributed by atoms with E-state index < -0.39 is 9.84 Å². The minimum atomic E-state index is -3.02. The molecule has 4 heteroatoms. The minimum Gasteiger partial charge on any atom is -0.328 e. The van der Waals surface area contributed by atoms with Crippen molar-refractivity contribution in [3.8, 4) is 0 Å². The van der Waals surface area contributed by atoms with Gasteiger partial charge in [-0.25, -0.2) is 8.42 Å². The highest BCUT2D eigenvalue weighted by molar-refractivity contribution is 7.90. The Morgan fingerprint density at radius 2 is 1.94 bits per heavy atom. The summed E-state index contributed by atoms with van der Waals surface area (Å²) in [7, 11) is -3.02. The highest BCUT2D eigenvalue weighted by atomic mass is 32.2. The van der Waals surface area contributed by atoms with Gasteiger partial charge < -0.3 is 5.73 Å². The maximum Gasteiger partial charge on any atom is 0.154 e. The van der Waals surface area contributed by atoms with Crippen molar-refractivity contribution in [3.63, 3.8) is 0 Å². The molecule has 1 atom stereocenters. The summed E-state index contributed by atoms with van der Waals surface area (Å²) < 4.78 is 24.0. The van der Waals surface area contributed by atoms with Crippen LogP contribution in [0.1, 0.15) is 37.3 Å². The Hall–Kier alpha value is -0.870. The Bertz CT molecular complexity index is 468. The third-order valence-electron chi connectivity index (χ3n) is 3.19. The summed E-state index contributed by atoms with van der Waals surface area (Å²) in [6.45, 7) is 3.96. The monoisotopic (exact) mass is 269 g/mol. The lowest BCUT2D eigenvalue weighted by Gasteiger charge is -2.09. The molecule has 0 bridgehead atoms. The molecule has 0 spiro atoms. The lowest BCUT2D eigenvalue weighted by Crippen LogP contribution is -2.20. The zero-order valence-corrected chi connectivity index (χ0v) is 12.0. The predicted molar refractivity (Wildman–Crippen MR) is 76.2 cm³/mol. The maximum absolute atomic E-state index is 12.0. The van der Waals surface area contributed by atoms with E-state index in [2.05, 4.69) is 0 Å². The number of benzene rings is 1. The molecule has 0 aliphatic heterocycles. The van der Waals surface area contributed by atoms with Crippen molar-refractivity contribution in [2.75, 3.05) is 5.75 Å². The molecule has 0 aliphatic rings. The van der Waals surface area contributed by atoms with Gasteiger partial charge in [0.25, 0.3) is 0 Å². The van der Waals surface area contributed by atoms with Gasteiger partial charge >= 0.3 is 0 Å². The molecular weight excluding hydrogens is 246 g/mol. The van der Waals surface area contributed by atoms with Gasteiger partial charge in [0.1, 0.15) is 0 Å². The Labute approximate surface area is 110 Å². The minimum absolute atomic E-state index is 0.124. The van der Waals surface area contributed by atoms with Gasteiger partial charge in [0, 0.05) is 6.04 Å². The van der Waals surface area contributed by atoms with E-state index in [1.165, 1.54) is 0 Å². The summed E-state index contributed by atoms with van der Waals surface area (Å²) >= 11 is 0. The molecule has 2 N–H and O–H groups in total. The molecule has 0 saturated heterocycles. The molecular formula is C14H23NO2S. The van der Waals surface area contributed by atoms with Crippen molar-refractivity contribution < 1.29 is 8.42 Å². The average Bonchev–Trinajstić information content (AvgIpc) is 2.31. The number of rotatable bonds is 7. The third kappa shape index (κ3) is 5.19. The number of aryl methyl sites for hydroxylation is 1. The number of hydrogen-bond acceptors (Lipinski definition) is 3. The van der Waals surface area contributed by atoms with Crippen LogP contribution in [0.4, 0.5) is 0 Å². The second-order valence-corrected chi connectivity index (χ2v) is 7.01. The lowest BCUT2D eigenvalue weighted by atomic mass is 10.1. The SMILES string of the molecule is CCC(N)CCCS(=O)(=O)Cc1ccccc1C. The fraction of sp³-hybridized carbons (Fsp3) is 0.571. The van der Waals surface area contributed by atoms with Crippen molar-refractivity contribution in [3.05, 3.63) is 35.4 Å². The fourth-order valence-electron chi connectivity index (χ4n) is 1.85. The maximum atomic E-state index is 12.0. The standard InChI is InChI=1S/C14H23NO2S/c1-3-14(15)9-6-10-18(16,17)11-13-8-5-4-7-12(13)2/h4-5,7-8,14H,3,6,9-11,15H2,1-2H3. The summed E-state index contributed by atoms with van der Waals surface area (Å²) in [6, 6.07) is 7.75. The zero-order chi connectivity index (χ0) is 13.6. The summed E-state index contributed by atoms with van der Waals surface area (Å²) in [6.07, 6.45) is 2.34.